The van der Waals surface area contributed by atoms with Gasteiger partial charge in [-0.05, 0) is 45.7 Å². The number of rotatable bonds is 6. The first-order chi connectivity index (χ1) is 15.1. The van der Waals surface area contributed by atoms with E-state index in [4.69, 9.17) is 9.47 Å². The lowest BCUT2D eigenvalue weighted by Gasteiger charge is -2.34. The van der Waals surface area contributed by atoms with Gasteiger partial charge in [0, 0.05) is 6.42 Å². The molecule has 1 saturated heterocycles. The first kappa shape index (κ1) is 26.0. The zero-order valence-electron chi connectivity index (χ0n) is 18.8. The molecule has 0 radical (unpaired) electrons. The van der Waals surface area contributed by atoms with Gasteiger partial charge < -0.3 is 9.47 Å². The number of benzene rings is 1. The monoisotopic (exact) mass is 460 g/mol. The van der Waals surface area contributed by atoms with Gasteiger partial charge in [-0.3, -0.25) is 24.1 Å². The van der Waals surface area contributed by atoms with Crippen LogP contribution in [0, 0.1) is 0 Å². The molecule has 2 heterocycles. The fourth-order valence-electron chi connectivity index (χ4n) is 3.72. The Morgan fingerprint density at radius 1 is 1.09 bits per heavy atom. The molecule has 0 aliphatic carbocycles. The van der Waals surface area contributed by atoms with Crippen molar-refractivity contribution in [2.45, 2.75) is 78.9 Å². The van der Waals surface area contributed by atoms with E-state index in [1.165, 1.54) is 6.07 Å². The molecule has 1 aromatic rings. The molecule has 3 rings (SSSR count). The first-order valence-corrected chi connectivity index (χ1v) is 10.8. The van der Waals surface area contributed by atoms with E-state index in [-0.39, 0.29) is 37.1 Å². The van der Waals surface area contributed by atoms with Crippen molar-refractivity contribution in [2.75, 3.05) is 6.61 Å². The summed E-state index contributed by atoms with van der Waals surface area (Å²) < 4.78 is 10.9. The third-order valence-electron chi connectivity index (χ3n) is 5.19. The molecule has 5 amide bonds. The lowest BCUT2D eigenvalue weighted by Crippen LogP contribution is -2.58. The molecule has 1 fully saturated rings. The Morgan fingerprint density at radius 2 is 1.79 bits per heavy atom. The number of imide groups is 4. The van der Waals surface area contributed by atoms with E-state index in [1.807, 2.05) is 0 Å². The third-order valence-corrected chi connectivity index (χ3v) is 5.19. The molecule has 1 aromatic carbocycles. The van der Waals surface area contributed by atoms with Crippen LogP contribution in [0.15, 0.2) is 18.2 Å². The zero-order valence-corrected chi connectivity index (χ0v) is 18.8. The Balaban J connectivity index is 0.00000385. The average molecular weight is 461 g/mol. The molecule has 0 spiro atoms. The molecule has 2 aliphatic heterocycles. The molecule has 9 heteroatoms. The zero-order chi connectivity index (χ0) is 23.6. The molecule has 33 heavy (non-hydrogen) atoms. The number of piperidine rings is 1. The van der Waals surface area contributed by atoms with Crippen LogP contribution in [0.25, 0.3) is 0 Å². The third kappa shape index (κ3) is 5.23. The van der Waals surface area contributed by atoms with Gasteiger partial charge in [0.25, 0.3) is 17.7 Å². The fourth-order valence-corrected chi connectivity index (χ4v) is 3.72. The molecule has 1 atom stereocenters. The van der Waals surface area contributed by atoms with E-state index >= 15 is 0 Å². The molecule has 0 bridgehead atoms. The number of carbonyl (C=O) groups excluding carboxylic acids is 5. The van der Waals surface area contributed by atoms with Crippen molar-refractivity contribution < 1.29 is 33.4 Å². The highest BCUT2D eigenvalue weighted by Gasteiger charge is 2.50. The number of ether oxygens (including phenoxy) is 2. The largest absolute Gasteiger partial charge is 0.493 e. The quantitative estimate of drug-likeness (QED) is 0.467. The maximum atomic E-state index is 13.2. The highest BCUT2D eigenvalue weighted by atomic mass is 16.6. The van der Waals surface area contributed by atoms with Gasteiger partial charge in [0.05, 0.1) is 17.7 Å². The number of carbonyl (C=O) groups is 5. The molecule has 0 aromatic heterocycles. The second-order valence-electron chi connectivity index (χ2n) is 8.82. The van der Waals surface area contributed by atoms with Crippen LogP contribution >= 0.6 is 0 Å². The topological polar surface area (TPSA) is 110 Å². The van der Waals surface area contributed by atoms with E-state index in [0.717, 1.165) is 24.2 Å². The number of unbranched alkanes of at least 4 members (excludes halogenated alkanes) is 2. The molecule has 9 nitrogen and oxygen atoms in total. The Kier molecular flexibility index (Phi) is 8.00. The standard InChI is InChI=1S/C23H28N2O7.CH4/c1-5-6-7-13-31-16-10-8-9-14-18(16)21(29)24(19(14)27)15-11-12-17(26)25(20(15)28)22(30)32-23(2,3)4;/h8-10,15H,5-7,11-13H2,1-4H3;1H4. The van der Waals surface area contributed by atoms with Crippen molar-refractivity contribution in [2.24, 2.45) is 0 Å². The molecular formula is C24H32N2O7. The van der Waals surface area contributed by atoms with E-state index in [0.29, 0.717) is 11.5 Å². The number of likely N-dealkylation sites (tertiary alicyclic amines) is 1. The van der Waals surface area contributed by atoms with Crippen LogP contribution < -0.4 is 4.74 Å². The van der Waals surface area contributed by atoms with Crippen LogP contribution in [0.4, 0.5) is 4.79 Å². The SMILES string of the molecule is C.CCCCCOc1cccc2c1C(=O)N(C1CCC(=O)N(C(=O)OC(C)(C)C)C1=O)C2=O. The summed E-state index contributed by atoms with van der Waals surface area (Å²) in [6.07, 6.45) is 1.43. The van der Waals surface area contributed by atoms with E-state index in [1.54, 1.807) is 32.9 Å². The van der Waals surface area contributed by atoms with Crippen LogP contribution in [-0.4, -0.2) is 57.8 Å². The number of hydrogen-bond acceptors (Lipinski definition) is 7. The summed E-state index contributed by atoms with van der Waals surface area (Å²) in [7, 11) is 0. The Hall–Kier alpha value is -3.23. The summed E-state index contributed by atoms with van der Waals surface area (Å²) in [6.45, 7) is 7.27. The van der Waals surface area contributed by atoms with Crippen molar-refractivity contribution in [3.05, 3.63) is 29.3 Å². The second-order valence-corrected chi connectivity index (χ2v) is 8.82. The van der Waals surface area contributed by atoms with Gasteiger partial charge in [-0.25, -0.2) is 4.79 Å². The molecule has 0 saturated carbocycles. The summed E-state index contributed by atoms with van der Waals surface area (Å²) in [6, 6.07) is 3.44. The van der Waals surface area contributed by atoms with Crippen molar-refractivity contribution >= 4 is 29.7 Å². The van der Waals surface area contributed by atoms with Crippen LogP contribution in [-0.2, 0) is 14.3 Å². The van der Waals surface area contributed by atoms with E-state index in [9.17, 15) is 24.0 Å². The van der Waals surface area contributed by atoms with Gasteiger partial charge in [-0.2, -0.15) is 4.90 Å². The average Bonchev–Trinajstić information content (AvgIpc) is 2.95. The van der Waals surface area contributed by atoms with Crippen LogP contribution in [0.3, 0.4) is 0 Å². The lowest BCUT2D eigenvalue weighted by molar-refractivity contribution is -0.149. The van der Waals surface area contributed by atoms with Crippen molar-refractivity contribution in [1.29, 1.82) is 0 Å². The summed E-state index contributed by atoms with van der Waals surface area (Å²) in [4.78, 5) is 65.3. The van der Waals surface area contributed by atoms with Crippen LogP contribution in [0.1, 0.15) is 87.9 Å². The van der Waals surface area contributed by atoms with Crippen molar-refractivity contribution in [3.63, 3.8) is 0 Å². The van der Waals surface area contributed by atoms with Gasteiger partial charge in [0.15, 0.2) is 0 Å². The van der Waals surface area contributed by atoms with Gasteiger partial charge in [-0.1, -0.05) is 33.3 Å². The van der Waals surface area contributed by atoms with Crippen LogP contribution in [0.5, 0.6) is 5.75 Å². The lowest BCUT2D eigenvalue weighted by atomic mass is 10.0. The van der Waals surface area contributed by atoms with Crippen molar-refractivity contribution in [1.82, 2.24) is 9.80 Å². The van der Waals surface area contributed by atoms with E-state index in [2.05, 4.69) is 6.92 Å². The van der Waals surface area contributed by atoms with Gasteiger partial charge in [0.1, 0.15) is 17.4 Å². The molecule has 0 N–H and O–H groups in total. The summed E-state index contributed by atoms with van der Waals surface area (Å²) in [5.74, 6) is -2.72. The van der Waals surface area contributed by atoms with Gasteiger partial charge >= 0.3 is 6.09 Å². The van der Waals surface area contributed by atoms with Gasteiger partial charge in [-0.15, -0.1) is 0 Å². The predicted molar refractivity (Wildman–Crippen MR) is 120 cm³/mol. The number of nitrogens with zero attached hydrogens (tertiary/aromatic N) is 2. The Bertz CT molecular complexity index is 964. The minimum Gasteiger partial charge on any atom is -0.493 e. The number of fused-ring (bicyclic) bond motifs is 1. The Morgan fingerprint density at radius 3 is 2.42 bits per heavy atom. The summed E-state index contributed by atoms with van der Waals surface area (Å²) in [5.41, 5.74) is -0.691. The molecule has 180 valence electrons. The molecular weight excluding hydrogens is 428 g/mol. The van der Waals surface area contributed by atoms with E-state index < -0.39 is 41.4 Å². The van der Waals surface area contributed by atoms with Gasteiger partial charge in [0.2, 0.25) is 5.91 Å². The summed E-state index contributed by atoms with van der Waals surface area (Å²) >= 11 is 0. The van der Waals surface area contributed by atoms with Crippen molar-refractivity contribution in [3.8, 4) is 5.75 Å². The Labute approximate surface area is 194 Å². The maximum absolute atomic E-state index is 13.2. The smallest absolute Gasteiger partial charge is 0.424 e. The minimum absolute atomic E-state index is 0. The number of amides is 5. The minimum atomic E-state index is -1.28. The first-order valence-electron chi connectivity index (χ1n) is 10.8. The number of hydrogen-bond donors (Lipinski definition) is 0. The van der Waals surface area contributed by atoms with Crippen LogP contribution in [0.2, 0.25) is 0 Å². The molecule has 1 unspecified atom stereocenters. The molecule has 2 aliphatic rings. The maximum Gasteiger partial charge on any atom is 0.424 e. The second kappa shape index (κ2) is 10.1. The fraction of sp³-hybridized carbons (Fsp3) is 0.542. The summed E-state index contributed by atoms with van der Waals surface area (Å²) in [5, 5.41) is 0. The predicted octanol–water partition coefficient (Wildman–Crippen LogP) is 3.94. The normalized spacial score (nSPS) is 18.2. The highest BCUT2D eigenvalue weighted by molar-refractivity contribution is 6.25. The highest BCUT2D eigenvalue weighted by Crippen LogP contribution is 2.34.